The van der Waals surface area contributed by atoms with Crippen molar-refractivity contribution in [2.75, 3.05) is 13.1 Å². The molecule has 0 heterocycles. The minimum Gasteiger partial charge on any atom is -0.480 e. The van der Waals surface area contributed by atoms with Crippen molar-refractivity contribution in [1.82, 2.24) is 10.2 Å². The van der Waals surface area contributed by atoms with E-state index in [2.05, 4.69) is 5.32 Å². The second kappa shape index (κ2) is 8.78. The van der Waals surface area contributed by atoms with Gasteiger partial charge in [0.1, 0.15) is 6.04 Å². The average molecular weight is 258 g/mol. The van der Waals surface area contributed by atoms with Crippen molar-refractivity contribution in [1.29, 1.82) is 0 Å². The summed E-state index contributed by atoms with van der Waals surface area (Å²) in [4.78, 5) is 24.7. The number of carboxylic acids is 1. The van der Waals surface area contributed by atoms with Crippen LogP contribution in [0, 0.1) is 5.92 Å². The number of carbonyl (C=O) groups excluding carboxylic acids is 1. The molecule has 0 saturated carbocycles. The topological polar surface area (TPSA) is 69.6 Å². The number of rotatable bonds is 8. The van der Waals surface area contributed by atoms with Crippen LogP contribution in [-0.4, -0.2) is 41.1 Å². The van der Waals surface area contributed by atoms with E-state index >= 15 is 0 Å². The molecule has 0 fully saturated rings. The zero-order valence-electron chi connectivity index (χ0n) is 11.9. The van der Waals surface area contributed by atoms with Gasteiger partial charge >= 0.3 is 12.0 Å². The largest absolute Gasteiger partial charge is 0.480 e. The van der Waals surface area contributed by atoms with E-state index in [9.17, 15) is 9.59 Å². The van der Waals surface area contributed by atoms with E-state index in [0.717, 1.165) is 12.8 Å². The highest BCUT2D eigenvalue weighted by Gasteiger charge is 2.23. The van der Waals surface area contributed by atoms with E-state index in [4.69, 9.17) is 5.11 Å². The lowest BCUT2D eigenvalue weighted by Crippen LogP contribution is -2.48. The molecule has 18 heavy (non-hydrogen) atoms. The standard InChI is InChI=1S/C13H26N2O3/c1-5-7-15(8-6-2)13(18)14-11(12(16)17)9-10(3)4/h10-11H,5-9H2,1-4H3,(H,14,18)(H,16,17)/t11-/m0/s1. The Morgan fingerprint density at radius 2 is 1.67 bits per heavy atom. The van der Waals surface area contributed by atoms with Crippen LogP contribution in [0.15, 0.2) is 0 Å². The molecular formula is C13H26N2O3. The molecule has 2 N–H and O–H groups in total. The third-order valence-corrected chi connectivity index (χ3v) is 2.58. The minimum atomic E-state index is -0.968. The van der Waals surface area contributed by atoms with Gasteiger partial charge < -0.3 is 15.3 Å². The van der Waals surface area contributed by atoms with Gasteiger partial charge in [-0.1, -0.05) is 27.7 Å². The summed E-state index contributed by atoms with van der Waals surface area (Å²) in [5.41, 5.74) is 0. The average Bonchev–Trinajstić information content (AvgIpc) is 2.27. The van der Waals surface area contributed by atoms with Crippen LogP contribution in [-0.2, 0) is 4.79 Å². The number of carboxylic acid groups (broad SMARTS) is 1. The van der Waals surface area contributed by atoms with Crippen LogP contribution in [0.2, 0.25) is 0 Å². The fourth-order valence-electron chi connectivity index (χ4n) is 1.79. The molecule has 0 saturated heterocycles. The van der Waals surface area contributed by atoms with E-state index in [-0.39, 0.29) is 11.9 Å². The lowest BCUT2D eigenvalue weighted by molar-refractivity contribution is -0.139. The molecule has 0 aromatic carbocycles. The lowest BCUT2D eigenvalue weighted by Gasteiger charge is -2.25. The number of urea groups is 1. The number of aliphatic carboxylic acids is 1. The number of hydrogen-bond acceptors (Lipinski definition) is 2. The summed E-state index contributed by atoms with van der Waals surface area (Å²) in [5, 5.41) is 11.7. The van der Waals surface area contributed by atoms with E-state index in [1.807, 2.05) is 27.7 Å². The SMILES string of the molecule is CCCN(CCC)C(=O)N[C@@H](CC(C)C)C(=O)O. The van der Waals surface area contributed by atoms with Crippen LogP contribution in [0.5, 0.6) is 0 Å². The van der Waals surface area contributed by atoms with Gasteiger partial charge in [0.05, 0.1) is 0 Å². The van der Waals surface area contributed by atoms with Crippen molar-refractivity contribution in [3.63, 3.8) is 0 Å². The molecule has 0 unspecified atom stereocenters. The van der Waals surface area contributed by atoms with E-state index < -0.39 is 12.0 Å². The predicted molar refractivity (Wildman–Crippen MR) is 71.6 cm³/mol. The molecule has 0 rings (SSSR count). The molecule has 5 heteroatoms. The van der Waals surface area contributed by atoms with Gasteiger partial charge in [0.25, 0.3) is 0 Å². The highest BCUT2D eigenvalue weighted by molar-refractivity contribution is 5.82. The second-order valence-corrected chi connectivity index (χ2v) is 4.96. The summed E-state index contributed by atoms with van der Waals surface area (Å²) in [5.74, 6) is -0.734. The fourth-order valence-corrected chi connectivity index (χ4v) is 1.79. The van der Waals surface area contributed by atoms with Crippen molar-refractivity contribution >= 4 is 12.0 Å². The Hall–Kier alpha value is -1.26. The molecule has 0 radical (unpaired) electrons. The Labute approximate surface area is 110 Å². The maximum atomic E-state index is 12.0. The Morgan fingerprint density at radius 1 is 1.17 bits per heavy atom. The quantitative estimate of drug-likeness (QED) is 0.702. The van der Waals surface area contributed by atoms with Crippen molar-refractivity contribution in [2.45, 2.75) is 53.0 Å². The van der Waals surface area contributed by atoms with Crippen LogP contribution < -0.4 is 5.32 Å². The zero-order chi connectivity index (χ0) is 14.1. The van der Waals surface area contributed by atoms with Crippen molar-refractivity contribution in [3.05, 3.63) is 0 Å². The van der Waals surface area contributed by atoms with Crippen molar-refractivity contribution < 1.29 is 14.7 Å². The van der Waals surface area contributed by atoms with Crippen LogP contribution in [0.1, 0.15) is 47.0 Å². The maximum Gasteiger partial charge on any atom is 0.326 e. The Morgan fingerprint density at radius 3 is 2.00 bits per heavy atom. The number of amides is 2. The van der Waals surface area contributed by atoms with Gasteiger partial charge in [-0.05, 0) is 25.2 Å². The molecule has 0 aromatic rings. The van der Waals surface area contributed by atoms with Crippen LogP contribution in [0.25, 0.3) is 0 Å². The highest BCUT2D eigenvalue weighted by Crippen LogP contribution is 2.06. The Kier molecular flexibility index (Phi) is 8.16. The van der Waals surface area contributed by atoms with Crippen molar-refractivity contribution in [2.24, 2.45) is 5.92 Å². The first kappa shape index (κ1) is 16.7. The summed E-state index contributed by atoms with van der Waals surface area (Å²) < 4.78 is 0. The monoisotopic (exact) mass is 258 g/mol. The molecule has 0 aliphatic heterocycles. The first-order valence-corrected chi connectivity index (χ1v) is 6.70. The Balaban J connectivity index is 4.49. The first-order valence-electron chi connectivity index (χ1n) is 6.70. The summed E-state index contributed by atoms with van der Waals surface area (Å²) in [6, 6.07) is -1.07. The molecule has 2 amide bonds. The Bertz CT molecular complexity index is 261. The number of nitrogens with one attached hydrogen (secondary N) is 1. The molecule has 1 atom stereocenters. The van der Waals surface area contributed by atoms with Gasteiger partial charge in [0.2, 0.25) is 0 Å². The number of carbonyl (C=O) groups is 2. The van der Waals surface area contributed by atoms with Gasteiger partial charge in [-0.25, -0.2) is 9.59 Å². The van der Waals surface area contributed by atoms with Crippen LogP contribution in [0.4, 0.5) is 4.79 Å². The molecule has 0 aliphatic carbocycles. The predicted octanol–water partition coefficient (Wildman–Crippen LogP) is 2.32. The molecule has 0 aromatic heterocycles. The van der Waals surface area contributed by atoms with Gasteiger partial charge in [-0.2, -0.15) is 0 Å². The minimum absolute atomic E-state index is 0.234. The van der Waals surface area contributed by atoms with Crippen molar-refractivity contribution in [3.8, 4) is 0 Å². The van der Waals surface area contributed by atoms with E-state index in [0.29, 0.717) is 19.5 Å². The molecule has 0 bridgehead atoms. The lowest BCUT2D eigenvalue weighted by atomic mass is 10.0. The molecule has 5 nitrogen and oxygen atoms in total. The van der Waals surface area contributed by atoms with Gasteiger partial charge in [0.15, 0.2) is 0 Å². The maximum absolute atomic E-state index is 12.0. The van der Waals surface area contributed by atoms with Crippen LogP contribution >= 0.6 is 0 Å². The normalized spacial score (nSPS) is 12.3. The number of nitrogens with zero attached hydrogens (tertiary/aromatic N) is 1. The smallest absolute Gasteiger partial charge is 0.326 e. The van der Waals surface area contributed by atoms with E-state index in [1.54, 1.807) is 4.90 Å². The molecular weight excluding hydrogens is 232 g/mol. The number of hydrogen-bond donors (Lipinski definition) is 2. The summed E-state index contributed by atoms with van der Waals surface area (Å²) in [7, 11) is 0. The van der Waals surface area contributed by atoms with Gasteiger partial charge in [-0.15, -0.1) is 0 Å². The zero-order valence-corrected chi connectivity index (χ0v) is 11.9. The summed E-state index contributed by atoms with van der Waals surface area (Å²) >= 11 is 0. The molecule has 0 aliphatic rings. The van der Waals surface area contributed by atoms with Gasteiger partial charge in [-0.3, -0.25) is 0 Å². The van der Waals surface area contributed by atoms with E-state index in [1.165, 1.54) is 0 Å². The fraction of sp³-hybridized carbons (Fsp3) is 0.846. The van der Waals surface area contributed by atoms with Crippen LogP contribution in [0.3, 0.4) is 0 Å². The molecule has 0 spiro atoms. The third-order valence-electron chi connectivity index (χ3n) is 2.58. The third kappa shape index (κ3) is 6.47. The second-order valence-electron chi connectivity index (χ2n) is 4.96. The molecule has 106 valence electrons. The summed E-state index contributed by atoms with van der Waals surface area (Å²) in [6.07, 6.45) is 2.19. The van der Waals surface area contributed by atoms with Gasteiger partial charge in [0, 0.05) is 13.1 Å². The first-order chi connectivity index (χ1) is 8.42. The summed E-state index contributed by atoms with van der Waals surface area (Å²) in [6.45, 7) is 9.20. The highest BCUT2D eigenvalue weighted by atomic mass is 16.4.